The first kappa shape index (κ1) is 24.9. The van der Waals surface area contributed by atoms with Crippen molar-refractivity contribution in [2.24, 2.45) is 5.92 Å². The van der Waals surface area contributed by atoms with Crippen LogP contribution in [-0.4, -0.2) is 41.7 Å². The molecule has 5 heterocycles. The number of hydrogen-bond acceptors (Lipinski definition) is 6. The quantitative estimate of drug-likeness (QED) is 0.283. The second kappa shape index (κ2) is 11.1. The Balaban J connectivity index is 1.31. The van der Waals surface area contributed by atoms with Gasteiger partial charge in [-0.3, -0.25) is 15.1 Å². The molecule has 0 unspecified atom stereocenters. The third-order valence-corrected chi connectivity index (χ3v) is 7.40. The topological polar surface area (TPSA) is 108 Å². The summed E-state index contributed by atoms with van der Waals surface area (Å²) in [6.45, 7) is 8.22. The normalized spacial score (nSPS) is 15.0. The van der Waals surface area contributed by atoms with E-state index >= 15 is 0 Å². The van der Waals surface area contributed by atoms with E-state index < -0.39 is 0 Å². The molecule has 1 aliphatic carbocycles. The average Bonchev–Trinajstić information content (AvgIpc) is 3.73. The Morgan fingerprint density at radius 3 is 2.85 bits per heavy atom. The van der Waals surface area contributed by atoms with Gasteiger partial charge in [0.15, 0.2) is 11.5 Å². The number of nitrogens with one attached hydrogen (secondary N) is 3. The van der Waals surface area contributed by atoms with Crippen molar-refractivity contribution in [3.8, 4) is 22.8 Å². The predicted octanol–water partition coefficient (Wildman–Crippen LogP) is 4.38. The maximum Gasteiger partial charge on any atom is 0.178 e. The molecule has 0 aromatic carbocycles. The lowest BCUT2D eigenvalue weighted by atomic mass is 10.1. The van der Waals surface area contributed by atoms with E-state index in [2.05, 4.69) is 48.1 Å². The molecule has 39 heavy (non-hydrogen) atoms. The summed E-state index contributed by atoms with van der Waals surface area (Å²) in [6.07, 6.45) is 16.8. The van der Waals surface area contributed by atoms with Crippen LogP contribution in [0.15, 0.2) is 61.7 Å². The number of rotatable bonds is 8. The van der Waals surface area contributed by atoms with Gasteiger partial charge in [-0.15, -0.1) is 0 Å². The van der Waals surface area contributed by atoms with Crippen LogP contribution in [0.3, 0.4) is 0 Å². The summed E-state index contributed by atoms with van der Waals surface area (Å²) in [6, 6.07) is 9.95. The first-order valence-electron chi connectivity index (χ1n) is 13.5. The van der Waals surface area contributed by atoms with Crippen LogP contribution in [0.4, 0.5) is 0 Å². The van der Waals surface area contributed by atoms with Crippen LogP contribution >= 0.6 is 0 Å². The van der Waals surface area contributed by atoms with Gasteiger partial charge >= 0.3 is 0 Å². The van der Waals surface area contributed by atoms with Crippen molar-refractivity contribution in [2.75, 3.05) is 6.54 Å². The summed E-state index contributed by atoms with van der Waals surface area (Å²) in [5, 5.41) is 13.2. The Morgan fingerprint density at radius 1 is 1.13 bits per heavy atom. The van der Waals surface area contributed by atoms with Gasteiger partial charge in [0.05, 0.1) is 16.6 Å². The molecule has 8 heteroatoms. The standard InChI is InChI=1S/C31H32N8/c1-3-26-25(14-20(2)23-15-22(18-33-19-23)17-32-16-21-8-4-5-9-21)29(39-38-26)31-36-28-24(11-13-35-30(28)37-31)27-10-6-7-12-34-27/h3,6-7,10-15,18-19,21,32,38H,2,4-5,8-9,16-17H2,1H3,(H,35,36,37)/b25-14+,26-3+. The van der Waals surface area contributed by atoms with Crippen LogP contribution in [-0.2, 0) is 6.54 Å². The molecule has 0 bridgehead atoms. The van der Waals surface area contributed by atoms with E-state index in [-0.39, 0.29) is 0 Å². The van der Waals surface area contributed by atoms with E-state index in [0.29, 0.717) is 17.2 Å². The number of nitrogens with zero attached hydrogens (tertiary/aromatic N) is 5. The Kier molecular flexibility index (Phi) is 7.10. The third kappa shape index (κ3) is 5.28. The molecular weight excluding hydrogens is 484 g/mol. The van der Waals surface area contributed by atoms with Crippen molar-refractivity contribution in [2.45, 2.75) is 39.2 Å². The number of allylic oxidation sites excluding steroid dienone is 1. The Hall–Kier alpha value is -4.43. The molecule has 1 fully saturated rings. The van der Waals surface area contributed by atoms with Crippen molar-refractivity contribution in [1.82, 2.24) is 40.4 Å². The second-order valence-corrected chi connectivity index (χ2v) is 10.1. The lowest BCUT2D eigenvalue weighted by molar-refractivity contribution is 0.489. The average molecular weight is 517 g/mol. The zero-order valence-electron chi connectivity index (χ0n) is 22.1. The van der Waals surface area contributed by atoms with Gasteiger partial charge in [-0.25, -0.2) is 9.97 Å². The zero-order valence-corrected chi connectivity index (χ0v) is 22.1. The fourth-order valence-electron chi connectivity index (χ4n) is 5.32. The first-order chi connectivity index (χ1) is 19.2. The number of aromatic nitrogens is 7. The molecule has 0 spiro atoms. The highest BCUT2D eigenvalue weighted by atomic mass is 15.1. The molecule has 5 aromatic rings. The summed E-state index contributed by atoms with van der Waals surface area (Å²) >= 11 is 0. The smallest absolute Gasteiger partial charge is 0.178 e. The maximum atomic E-state index is 4.78. The number of H-pyrrole nitrogens is 2. The van der Waals surface area contributed by atoms with Gasteiger partial charge in [0.2, 0.25) is 0 Å². The van der Waals surface area contributed by atoms with Gasteiger partial charge in [-0.2, -0.15) is 5.10 Å². The summed E-state index contributed by atoms with van der Waals surface area (Å²) in [5.74, 6) is 1.44. The van der Waals surface area contributed by atoms with Crippen molar-refractivity contribution in [3.63, 3.8) is 0 Å². The van der Waals surface area contributed by atoms with Crippen molar-refractivity contribution >= 4 is 28.9 Å². The molecule has 0 atom stereocenters. The van der Waals surface area contributed by atoms with E-state index in [0.717, 1.165) is 63.0 Å². The van der Waals surface area contributed by atoms with Crippen LogP contribution in [0.1, 0.15) is 43.7 Å². The molecule has 0 saturated heterocycles. The van der Waals surface area contributed by atoms with Gasteiger partial charge in [-0.05, 0) is 79.3 Å². The number of imidazole rings is 1. The molecule has 1 aliphatic rings. The minimum absolute atomic E-state index is 0.616. The molecule has 5 aromatic heterocycles. The van der Waals surface area contributed by atoms with Crippen LogP contribution in [0.5, 0.6) is 0 Å². The minimum Gasteiger partial charge on any atom is -0.335 e. The predicted molar refractivity (Wildman–Crippen MR) is 155 cm³/mol. The molecule has 3 N–H and O–H groups in total. The lowest BCUT2D eigenvalue weighted by Gasteiger charge is -2.11. The monoisotopic (exact) mass is 516 g/mol. The van der Waals surface area contributed by atoms with Crippen LogP contribution in [0.2, 0.25) is 0 Å². The molecule has 0 radical (unpaired) electrons. The van der Waals surface area contributed by atoms with E-state index in [1.54, 1.807) is 12.4 Å². The van der Waals surface area contributed by atoms with Gasteiger partial charge in [-0.1, -0.05) is 31.6 Å². The highest BCUT2D eigenvalue weighted by Gasteiger charge is 2.16. The summed E-state index contributed by atoms with van der Waals surface area (Å²) in [5.41, 5.74) is 6.93. The van der Waals surface area contributed by atoms with E-state index in [1.807, 2.05) is 55.7 Å². The minimum atomic E-state index is 0.616. The van der Waals surface area contributed by atoms with Gasteiger partial charge in [0.25, 0.3) is 0 Å². The first-order valence-corrected chi connectivity index (χ1v) is 13.5. The third-order valence-electron chi connectivity index (χ3n) is 7.40. The molecule has 1 saturated carbocycles. The number of fused-ring (bicyclic) bond motifs is 1. The van der Waals surface area contributed by atoms with Gasteiger partial charge in [0, 0.05) is 42.1 Å². The van der Waals surface area contributed by atoms with E-state index in [9.17, 15) is 0 Å². The Bertz CT molecular complexity index is 1730. The van der Waals surface area contributed by atoms with E-state index in [4.69, 9.17) is 4.98 Å². The molecule has 0 amide bonds. The van der Waals surface area contributed by atoms with Crippen LogP contribution in [0, 0.1) is 5.92 Å². The summed E-state index contributed by atoms with van der Waals surface area (Å²) < 4.78 is 0. The molecule has 8 nitrogen and oxygen atoms in total. The zero-order chi connectivity index (χ0) is 26.6. The molecular formula is C31H32N8. The largest absolute Gasteiger partial charge is 0.335 e. The van der Waals surface area contributed by atoms with Crippen molar-refractivity contribution in [1.29, 1.82) is 0 Å². The Morgan fingerprint density at radius 2 is 2.03 bits per heavy atom. The Labute approximate surface area is 227 Å². The highest BCUT2D eigenvalue weighted by molar-refractivity contribution is 5.91. The van der Waals surface area contributed by atoms with Crippen molar-refractivity contribution in [3.05, 3.63) is 83.4 Å². The molecule has 6 rings (SSSR count). The number of pyridine rings is 3. The fraction of sp³-hybridized carbons (Fsp3) is 0.258. The summed E-state index contributed by atoms with van der Waals surface area (Å²) in [7, 11) is 0. The van der Waals surface area contributed by atoms with Gasteiger partial charge < -0.3 is 10.3 Å². The van der Waals surface area contributed by atoms with Crippen molar-refractivity contribution < 1.29 is 0 Å². The SMILES string of the molecule is C=C(/C=c1/c(-c2nc3nccc(-c4ccccn4)c3[nH]2)n[nH]/c1=C/C)c1cncc(CNCC2CCCC2)c1. The highest BCUT2D eigenvalue weighted by Crippen LogP contribution is 2.26. The lowest BCUT2D eigenvalue weighted by Crippen LogP contribution is -2.23. The van der Waals surface area contributed by atoms with Crippen LogP contribution < -0.4 is 15.9 Å². The summed E-state index contributed by atoms with van der Waals surface area (Å²) in [4.78, 5) is 21.7. The van der Waals surface area contributed by atoms with Gasteiger partial charge in [0.1, 0.15) is 5.69 Å². The molecule has 0 aliphatic heterocycles. The number of hydrogen-bond donors (Lipinski definition) is 3. The van der Waals surface area contributed by atoms with Crippen LogP contribution in [0.25, 0.3) is 51.7 Å². The molecule has 196 valence electrons. The fourth-order valence-corrected chi connectivity index (χ4v) is 5.32. The van der Waals surface area contributed by atoms with E-state index in [1.165, 1.54) is 25.7 Å². The maximum absolute atomic E-state index is 4.78. The number of aromatic amines is 2. The second-order valence-electron chi connectivity index (χ2n) is 10.1.